The Kier molecular flexibility index (Phi) is 5.36. The molecule has 0 aliphatic carbocycles. The maximum atomic E-state index is 11.5. The van der Waals surface area contributed by atoms with Crippen LogP contribution < -0.4 is 11.1 Å². The maximum absolute atomic E-state index is 11.5. The van der Waals surface area contributed by atoms with Crippen LogP contribution in [0.5, 0.6) is 0 Å². The highest BCUT2D eigenvalue weighted by Crippen LogP contribution is 2.18. The summed E-state index contributed by atoms with van der Waals surface area (Å²) >= 11 is 0. The molecular formula is C14H20N2O3. The highest BCUT2D eigenvalue weighted by atomic mass is 16.5. The number of ether oxygens (including phenoxy) is 1. The van der Waals surface area contributed by atoms with Crippen molar-refractivity contribution in [3.63, 3.8) is 0 Å². The Morgan fingerprint density at radius 2 is 1.89 bits per heavy atom. The lowest BCUT2D eigenvalue weighted by molar-refractivity contribution is -0.119. The van der Waals surface area contributed by atoms with Gasteiger partial charge in [0.1, 0.15) is 6.61 Å². The van der Waals surface area contributed by atoms with Crippen molar-refractivity contribution in [3.8, 4) is 0 Å². The summed E-state index contributed by atoms with van der Waals surface area (Å²) in [5, 5.41) is 2.63. The number of nitrogens with one attached hydrogen (secondary N) is 1. The molecular weight excluding hydrogens is 244 g/mol. The van der Waals surface area contributed by atoms with Gasteiger partial charge in [-0.1, -0.05) is 44.2 Å². The Morgan fingerprint density at radius 1 is 1.26 bits per heavy atom. The van der Waals surface area contributed by atoms with E-state index < -0.39 is 6.09 Å². The average molecular weight is 264 g/mol. The molecule has 0 aliphatic rings. The molecule has 0 spiro atoms. The number of hydrogen-bond donors (Lipinski definition) is 2. The molecule has 3 N–H and O–H groups in total. The first-order chi connectivity index (χ1) is 8.89. The lowest BCUT2D eigenvalue weighted by Gasteiger charge is -2.22. The predicted molar refractivity (Wildman–Crippen MR) is 72.2 cm³/mol. The molecule has 1 aromatic carbocycles. The van der Waals surface area contributed by atoms with Crippen molar-refractivity contribution in [3.05, 3.63) is 35.9 Å². The van der Waals surface area contributed by atoms with Gasteiger partial charge in [-0.3, -0.25) is 4.79 Å². The van der Waals surface area contributed by atoms with Gasteiger partial charge in [0.25, 0.3) is 0 Å². The van der Waals surface area contributed by atoms with Crippen LogP contribution in [0.4, 0.5) is 4.79 Å². The Balaban J connectivity index is 2.30. The summed E-state index contributed by atoms with van der Waals surface area (Å²) in [5.74, 6) is -0.385. The standard InChI is InChI=1S/C14H20N2O3/c1-14(2,8-12(15)17)10-16-13(18)19-9-11-6-4-3-5-7-11/h3-7H,8-10H2,1-2H3,(H2,15,17)(H,16,18). The molecule has 5 heteroatoms. The van der Waals surface area contributed by atoms with E-state index in [2.05, 4.69) is 5.32 Å². The van der Waals surface area contributed by atoms with Gasteiger partial charge in [-0.15, -0.1) is 0 Å². The van der Waals surface area contributed by atoms with E-state index in [9.17, 15) is 9.59 Å². The summed E-state index contributed by atoms with van der Waals surface area (Å²) in [4.78, 5) is 22.3. The molecule has 0 atom stereocenters. The number of hydrogen-bond acceptors (Lipinski definition) is 3. The fraction of sp³-hybridized carbons (Fsp3) is 0.429. The van der Waals surface area contributed by atoms with Crippen molar-refractivity contribution in [2.24, 2.45) is 11.1 Å². The number of amides is 2. The molecule has 0 saturated carbocycles. The van der Waals surface area contributed by atoms with E-state index in [0.717, 1.165) is 5.56 Å². The first-order valence-corrected chi connectivity index (χ1v) is 6.12. The number of benzene rings is 1. The SMILES string of the molecule is CC(C)(CNC(=O)OCc1ccccc1)CC(N)=O. The molecule has 1 rings (SSSR count). The fourth-order valence-electron chi connectivity index (χ4n) is 1.62. The summed E-state index contributed by atoms with van der Waals surface area (Å²) in [5.41, 5.74) is 5.68. The second kappa shape index (κ2) is 6.78. The van der Waals surface area contributed by atoms with Gasteiger partial charge in [-0.05, 0) is 11.0 Å². The summed E-state index contributed by atoms with van der Waals surface area (Å²) in [6.45, 7) is 4.27. The second-order valence-corrected chi connectivity index (χ2v) is 5.22. The van der Waals surface area contributed by atoms with E-state index in [-0.39, 0.29) is 24.3 Å². The summed E-state index contributed by atoms with van der Waals surface area (Å²) < 4.78 is 5.06. The third-order valence-corrected chi connectivity index (χ3v) is 2.58. The van der Waals surface area contributed by atoms with Gasteiger partial charge in [0.05, 0.1) is 0 Å². The molecule has 0 aromatic heterocycles. The molecule has 0 fully saturated rings. The third kappa shape index (κ3) is 6.45. The zero-order valence-corrected chi connectivity index (χ0v) is 11.3. The minimum absolute atomic E-state index is 0.214. The molecule has 0 radical (unpaired) electrons. The van der Waals surface area contributed by atoms with E-state index in [0.29, 0.717) is 6.54 Å². The number of nitrogens with two attached hydrogens (primary N) is 1. The molecule has 0 heterocycles. The van der Waals surface area contributed by atoms with E-state index in [1.165, 1.54) is 0 Å². The van der Waals surface area contributed by atoms with Crippen molar-refractivity contribution in [2.45, 2.75) is 26.9 Å². The first kappa shape index (κ1) is 15.0. The van der Waals surface area contributed by atoms with E-state index >= 15 is 0 Å². The highest BCUT2D eigenvalue weighted by Gasteiger charge is 2.21. The van der Waals surface area contributed by atoms with Crippen LogP contribution in [0.25, 0.3) is 0 Å². The van der Waals surface area contributed by atoms with Crippen LogP contribution in [0, 0.1) is 5.41 Å². The topological polar surface area (TPSA) is 81.4 Å². The van der Waals surface area contributed by atoms with Crippen molar-refractivity contribution in [1.82, 2.24) is 5.32 Å². The van der Waals surface area contributed by atoms with Gasteiger partial charge in [0.2, 0.25) is 5.91 Å². The van der Waals surface area contributed by atoms with Crippen LogP contribution in [0.1, 0.15) is 25.8 Å². The zero-order valence-electron chi connectivity index (χ0n) is 11.3. The van der Waals surface area contributed by atoms with Crippen LogP contribution in [0.3, 0.4) is 0 Å². The Morgan fingerprint density at radius 3 is 2.47 bits per heavy atom. The zero-order chi connectivity index (χ0) is 14.3. The smallest absolute Gasteiger partial charge is 0.407 e. The van der Waals surface area contributed by atoms with E-state index in [4.69, 9.17) is 10.5 Å². The number of carbonyl (C=O) groups excluding carboxylic acids is 2. The van der Waals surface area contributed by atoms with Crippen molar-refractivity contribution in [2.75, 3.05) is 6.54 Å². The first-order valence-electron chi connectivity index (χ1n) is 6.12. The minimum Gasteiger partial charge on any atom is -0.445 e. The lowest BCUT2D eigenvalue weighted by atomic mass is 9.89. The molecule has 19 heavy (non-hydrogen) atoms. The largest absolute Gasteiger partial charge is 0.445 e. The van der Waals surface area contributed by atoms with Crippen LogP contribution in [-0.4, -0.2) is 18.5 Å². The van der Waals surface area contributed by atoms with Crippen molar-refractivity contribution in [1.29, 1.82) is 0 Å². The molecule has 104 valence electrons. The number of carbonyl (C=O) groups is 2. The van der Waals surface area contributed by atoms with Gasteiger partial charge in [-0.2, -0.15) is 0 Å². The average Bonchev–Trinajstić information content (AvgIpc) is 2.34. The third-order valence-electron chi connectivity index (χ3n) is 2.58. The van der Waals surface area contributed by atoms with E-state index in [1.54, 1.807) is 0 Å². The maximum Gasteiger partial charge on any atom is 0.407 e. The molecule has 0 aliphatic heterocycles. The molecule has 0 saturated heterocycles. The summed E-state index contributed by atoms with van der Waals surface area (Å²) in [6.07, 6.45) is -0.284. The highest BCUT2D eigenvalue weighted by molar-refractivity contribution is 5.74. The van der Waals surface area contributed by atoms with Gasteiger partial charge < -0.3 is 15.8 Å². The van der Waals surface area contributed by atoms with Crippen molar-refractivity contribution >= 4 is 12.0 Å². The van der Waals surface area contributed by atoms with Crippen LogP contribution in [0.15, 0.2) is 30.3 Å². The Bertz CT molecular complexity index is 430. The number of primary amides is 1. The summed E-state index contributed by atoms with van der Waals surface area (Å²) in [6, 6.07) is 9.42. The Labute approximate surface area is 113 Å². The summed E-state index contributed by atoms with van der Waals surface area (Å²) in [7, 11) is 0. The number of alkyl carbamates (subject to hydrolysis) is 1. The molecule has 0 unspecified atom stereocenters. The molecule has 2 amide bonds. The van der Waals surface area contributed by atoms with Crippen LogP contribution in [0.2, 0.25) is 0 Å². The fourth-order valence-corrected chi connectivity index (χ4v) is 1.62. The lowest BCUT2D eigenvalue weighted by Crippen LogP contribution is -2.36. The molecule has 5 nitrogen and oxygen atoms in total. The molecule has 1 aromatic rings. The van der Waals surface area contributed by atoms with Crippen LogP contribution in [-0.2, 0) is 16.1 Å². The normalized spacial score (nSPS) is 10.8. The predicted octanol–water partition coefficient (Wildman–Crippen LogP) is 1.81. The van der Waals surface area contributed by atoms with Crippen LogP contribution >= 0.6 is 0 Å². The van der Waals surface area contributed by atoms with Gasteiger partial charge in [0.15, 0.2) is 0 Å². The van der Waals surface area contributed by atoms with Gasteiger partial charge in [0, 0.05) is 13.0 Å². The number of rotatable bonds is 6. The minimum atomic E-state index is -0.499. The van der Waals surface area contributed by atoms with E-state index in [1.807, 2.05) is 44.2 Å². The van der Waals surface area contributed by atoms with Crippen molar-refractivity contribution < 1.29 is 14.3 Å². The van der Waals surface area contributed by atoms with Gasteiger partial charge >= 0.3 is 6.09 Å². The van der Waals surface area contributed by atoms with Gasteiger partial charge in [-0.25, -0.2) is 4.79 Å². The molecule has 0 bridgehead atoms. The quantitative estimate of drug-likeness (QED) is 0.822. The Hall–Kier alpha value is -2.04. The monoisotopic (exact) mass is 264 g/mol. The second-order valence-electron chi connectivity index (χ2n) is 5.22.